The summed E-state index contributed by atoms with van der Waals surface area (Å²) in [6, 6.07) is 0.772. The summed E-state index contributed by atoms with van der Waals surface area (Å²) in [6.45, 7) is 13.6. The zero-order valence-electron chi connectivity index (χ0n) is 26.3. The molecule has 3 aliphatic carbocycles. The quantitative estimate of drug-likeness (QED) is 0.161. The van der Waals surface area contributed by atoms with Gasteiger partial charge in [-0.3, -0.25) is 0 Å². The third-order valence-corrected chi connectivity index (χ3v) is 6.53. The standard InChI is InChI=1S/C19H28N3O.C8H12.C5H5.F6P.Fe.Rh/c1-14(2)22-10-9-21(13-22)11-15-7-6-8-16(15)18-20-17(12-23-18)19(3,4)5;1-2-4-6-8-7-5-3-1;1-2-4-5-3-1;1-7(2,3,4,5)6;;/h6-10,14,17H,11-13H2,1-5H3;1-2,7-8H,3-6H2;1-5H;;;/q;;;-1;+2;/t17-;;;;;/m1...../s1. The van der Waals surface area contributed by atoms with Gasteiger partial charge < -0.3 is 14.5 Å². The van der Waals surface area contributed by atoms with Gasteiger partial charge in [0.25, 0.3) is 0 Å². The second kappa shape index (κ2) is 19.2. The molecule has 0 unspecified atom stereocenters. The molecule has 45 heavy (non-hydrogen) atoms. The Bertz CT molecular complexity index is 840. The Hall–Kier alpha value is -0.0371. The first-order valence-electron chi connectivity index (χ1n) is 14.5. The molecule has 257 valence electrons. The summed E-state index contributed by atoms with van der Waals surface area (Å²) in [5.74, 6) is 3.25. The van der Waals surface area contributed by atoms with Crippen LogP contribution in [0.25, 0.3) is 0 Å². The average Bonchev–Trinajstić information content (AvgIpc) is 3.65. The van der Waals surface area contributed by atoms with Gasteiger partial charge in [0.05, 0.1) is 18.6 Å². The zero-order chi connectivity index (χ0) is 32.2. The van der Waals surface area contributed by atoms with Crippen LogP contribution in [-0.4, -0.2) is 47.6 Å². The SMILES string of the molecule is CC(C)N1C=CN(C[C]2[CH][CH][CH][C]2C2=N[C@@H](C(C)(C)C)CO2)C1.F[P-](F)(F)(F)(F)F.[CH]1[CH]CC[CH][CH]CC1.[CH]1[CH][CH][CH][CH]1.[Fe+2].[Rh]. The maximum absolute atomic E-state index is 10.7. The maximum Gasteiger partial charge on any atom is 2.00 e. The van der Waals surface area contributed by atoms with E-state index in [0.29, 0.717) is 12.6 Å². The van der Waals surface area contributed by atoms with Crippen LogP contribution in [-0.2, 0) is 41.3 Å². The van der Waals surface area contributed by atoms with Crippen molar-refractivity contribution in [2.75, 3.05) is 19.8 Å². The minimum Gasteiger partial charge on any atom is -0.0496 e. The van der Waals surface area contributed by atoms with E-state index >= 15 is 0 Å². The van der Waals surface area contributed by atoms with Gasteiger partial charge in [-0.1, -0.05) is 20.8 Å². The van der Waals surface area contributed by atoms with Crippen LogP contribution in [0.5, 0.6) is 0 Å². The molecule has 3 fully saturated rings. The fourth-order valence-corrected chi connectivity index (χ4v) is 4.09. The Morgan fingerprint density at radius 1 is 0.822 bits per heavy atom. The smallest absolute Gasteiger partial charge is 0.0496 e. The summed E-state index contributed by atoms with van der Waals surface area (Å²) in [4.78, 5) is 9.49. The van der Waals surface area contributed by atoms with E-state index in [0.717, 1.165) is 25.0 Å². The second-order valence-corrected chi connectivity index (χ2v) is 13.8. The van der Waals surface area contributed by atoms with Gasteiger partial charge >= 0.3 is 50.1 Å². The number of hydrogen-bond donors (Lipinski definition) is 0. The van der Waals surface area contributed by atoms with E-state index in [1.165, 1.54) is 31.6 Å². The molecule has 15 radical (unpaired) electrons. The van der Waals surface area contributed by atoms with E-state index in [9.17, 15) is 25.2 Å². The number of rotatable bonds is 4. The van der Waals surface area contributed by atoms with Crippen LogP contribution in [0, 0.1) is 94.3 Å². The van der Waals surface area contributed by atoms with Crippen LogP contribution in [0.1, 0.15) is 60.3 Å². The molecule has 0 aromatic carbocycles. The monoisotopic (exact) mass is 791 g/mol. The molecule has 0 N–H and O–H groups in total. The van der Waals surface area contributed by atoms with Crippen LogP contribution < -0.4 is 0 Å². The van der Waals surface area contributed by atoms with E-state index in [-0.39, 0.29) is 48.0 Å². The van der Waals surface area contributed by atoms with E-state index < -0.39 is 7.81 Å². The van der Waals surface area contributed by atoms with E-state index in [2.05, 4.69) is 102 Å². The zero-order valence-corrected chi connectivity index (χ0v) is 30.0. The van der Waals surface area contributed by atoms with Gasteiger partial charge in [-0.05, 0) is 122 Å². The van der Waals surface area contributed by atoms with Gasteiger partial charge in [0.1, 0.15) is 6.61 Å². The van der Waals surface area contributed by atoms with Crippen molar-refractivity contribution < 1.29 is 66.5 Å². The fourth-order valence-electron chi connectivity index (χ4n) is 4.09. The van der Waals surface area contributed by atoms with E-state index in [1.54, 1.807) is 0 Å². The average molecular weight is 791 g/mol. The molecule has 5 aliphatic rings. The predicted octanol–water partition coefficient (Wildman–Crippen LogP) is 9.84. The molecular formula is C32H45F6FeN3OPRh+. The molecule has 0 amide bonds. The fraction of sp³-hybridized carbons (Fsp3) is 0.469. The van der Waals surface area contributed by atoms with Crippen LogP contribution in [0.15, 0.2) is 17.4 Å². The molecule has 5 rings (SSSR count). The minimum absolute atomic E-state index is 0. The number of nitrogens with zero attached hydrogens (tertiary/aromatic N) is 3. The first-order valence-corrected chi connectivity index (χ1v) is 16.5. The first-order chi connectivity index (χ1) is 19.8. The molecule has 2 aliphatic heterocycles. The van der Waals surface area contributed by atoms with Crippen molar-refractivity contribution >= 4 is 13.7 Å². The first kappa shape index (κ1) is 45.0. The van der Waals surface area contributed by atoms with Gasteiger partial charge in [-0.25, -0.2) is 4.99 Å². The van der Waals surface area contributed by atoms with Crippen LogP contribution in [0.3, 0.4) is 0 Å². The Kier molecular flexibility index (Phi) is 19.2. The normalized spacial score (nSPS) is 24.1. The van der Waals surface area contributed by atoms with Gasteiger partial charge in [0.2, 0.25) is 0 Å². The Morgan fingerprint density at radius 2 is 1.29 bits per heavy atom. The third kappa shape index (κ3) is 22.3. The largest absolute Gasteiger partial charge is 2.00 e. The van der Waals surface area contributed by atoms with Crippen molar-refractivity contribution in [3.05, 3.63) is 101 Å². The van der Waals surface area contributed by atoms with Crippen molar-refractivity contribution in [1.82, 2.24) is 9.80 Å². The van der Waals surface area contributed by atoms with Gasteiger partial charge in [0, 0.05) is 50.4 Å². The number of halogens is 6. The summed E-state index contributed by atoms with van der Waals surface area (Å²) in [5, 5.41) is 0. The van der Waals surface area contributed by atoms with Crippen molar-refractivity contribution in [3.63, 3.8) is 0 Å². The number of ether oxygens (including phenoxy) is 1. The van der Waals surface area contributed by atoms with Crippen LogP contribution in [0.4, 0.5) is 25.2 Å². The Labute approximate surface area is 292 Å². The van der Waals surface area contributed by atoms with Crippen molar-refractivity contribution in [2.24, 2.45) is 10.4 Å². The van der Waals surface area contributed by atoms with Crippen molar-refractivity contribution in [1.29, 1.82) is 0 Å². The van der Waals surface area contributed by atoms with Crippen LogP contribution in [0.2, 0.25) is 0 Å². The Morgan fingerprint density at radius 3 is 1.67 bits per heavy atom. The third-order valence-electron chi connectivity index (χ3n) is 6.53. The van der Waals surface area contributed by atoms with E-state index in [1.807, 2.05) is 32.1 Å². The summed E-state index contributed by atoms with van der Waals surface area (Å²) in [5.41, 5.74) is 0.143. The molecule has 0 aromatic heterocycles. The molecule has 0 bridgehead atoms. The molecular weight excluding hydrogens is 746 g/mol. The molecule has 0 saturated heterocycles. The predicted molar refractivity (Wildman–Crippen MR) is 164 cm³/mol. The number of hydrogen-bond acceptors (Lipinski definition) is 4. The van der Waals surface area contributed by atoms with E-state index in [4.69, 9.17) is 9.73 Å². The van der Waals surface area contributed by atoms with Gasteiger partial charge in [-0.2, -0.15) is 0 Å². The van der Waals surface area contributed by atoms with Gasteiger partial charge in [0.15, 0.2) is 5.90 Å². The van der Waals surface area contributed by atoms with Crippen molar-refractivity contribution in [3.8, 4) is 0 Å². The summed E-state index contributed by atoms with van der Waals surface area (Å²) in [6.07, 6.45) is 34.7. The van der Waals surface area contributed by atoms with Gasteiger partial charge in [-0.15, -0.1) is 0 Å². The molecule has 2 heterocycles. The summed E-state index contributed by atoms with van der Waals surface area (Å²) < 4.78 is 65.1. The number of aliphatic imine (C=N–C) groups is 1. The van der Waals surface area contributed by atoms with Crippen molar-refractivity contribution in [2.45, 2.75) is 72.4 Å². The Balaban J connectivity index is 0.000000720. The molecule has 0 spiro atoms. The minimum atomic E-state index is -10.7. The second-order valence-electron chi connectivity index (χ2n) is 11.9. The molecule has 1 atom stereocenters. The molecule has 3 saturated carbocycles. The molecule has 0 aromatic rings. The van der Waals surface area contributed by atoms with Crippen LogP contribution >= 0.6 is 7.81 Å². The summed E-state index contributed by atoms with van der Waals surface area (Å²) >= 11 is 0. The summed E-state index contributed by atoms with van der Waals surface area (Å²) in [7, 11) is -10.7. The maximum atomic E-state index is 9.87. The molecule has 4 nitrogen and oxygen atoms in total. The molecule has 13 heteroatoms. The topological polar surface area (TPSA) is 28.1 Å².